The Kier molecular flexibility index (Phi) is 2.58. The van der Waals surface area contributed by atoms with Crippen molar-refractivity contribution in [3.63, 3.8) is 0 Å². The highest BCUT2D eigenvalue weighted by atomic mass is 19.4. The van der Waals surface area contributed by atoms with E-state index in [0.29, 0.717) is 0 Å². The average molecular weight is 194 g/mol. The molecule has 0 fully saturated rings. The number of nitrogens with zero attached hydrogens (tertiary/aromatic N) is 1. The fourth-order valence-corrected chi connectivity index (χ4v) is 1.15. The number of hydrogen-bond acceptors (Lipinski definition) is 2. The Morgan fingerprint density at radius 3 is 2.62 bits per heavy atom. The van der Waals surface area contributed by atoms with Crippen molar-refractivity contribution in [3.8, 4) is 0 Å². The summed E-state index contributed by atoms with van der Waals surface area (Å²) >= 11 is 0. The molecule has 0 heterocycles. The zero-order valence-electron chi connectivity index (χ0n) is 6.54. The van der Waals surface area contributed by atoms with Crippen LogP contribution >= 0.6 is 0 Å². The number of hydrogen-bond donors (Lipinski definition) is 0. The van der Waals surface area contributed by atoms with Crippen molar-refractivity contribution in [2.45, 2.75) is 19.0 Å². The Hall–Kier alpha value is -1.07. The molecule has 73 valence electrons. The third-order valence-electron chi connectivity index (χ3n) is 1.86. The minimum atomic E-state index is -4.38. The molecule has 0 saturated heterocycles. The Morgan fingerprint density at radius 2 is 2.15 bits per heavy atom. The lowest BCUT2D eigenvalue weighted by atomic mass is 9.92. The summed E-state index contributed by atoms with van der Waals surface area (Å²) in [5, 5.41) is 10.2. The fourth-order valence-electron chi connectivity index (χ4n) is 1.15. The topological polar surface area (TPSA) is 43.1 Å². The molecule has 0 aromatic heterocycles. The first-order valence-corrected chi connectivity index (χ1v) is 3.63. The van der Waals surface area contributed by atoms with Crippen molar-refractivity contribution < 1.29 is 18.1 Å². The zero-order chi connectivity index (χ0) is 10.1. The van der Waals surface area contributed by atoms with Gasteiger partial charge >= 0.3 is 6.18 Å². The van der Waals surface area contributed by atoms with Crippen LogP contribution in [0.25, 0.3) is 0 Å². The van der Waals surface area contributed by atoms with E-state index in [-0.39, 0.29) is 12.5 Å². The molecule has 1 radical (unpaired) electrons. The average Bonchev–Trinajstić information content (AvgIpc) is 2.03. The van der Waals surface area contributed by atoms with E-state index in [2.05, 4.69) is 0 Å². The van der Waals surface area contributed by atoms with Crippen LogP contribution in [-0.4, -0.2) is 11.1 Å². The summed E-state index contributed by atoms with van der Waals surface area (Å²) in [4.78, 5) is 9.46. The highest BCUT2D eigenvalue weighted by Crippen LogP contribution is 2.36. The summed E-state index contributed by atoms with van der Waals surface area (Å²) in [6.07, 6.45) is -2.71. The van der Waals surface area contributed by atoms with Crippen LogP contribution in [-0.2, 0) is 0 Å². The molecule has 0 aromatic carbocycles. The minimum Gasteiger partial charge on any atom is -0.264 e. The van der Waals surface area contributed by atoms with Crippen LogP contribution in [0.15, 0.2) is 12.2 Å². The van der Waals surface area contributed by atoms with Crippen LogP contribution in [0.3, 0.4) is 0 Å². The van der Waals surface area contributed by atoms with Gasteiger partial charge in [-0.1, -0.05) is 12.2 Å². The van der Waals surface area contributed by atoms with Crippen LogP contribution < -0.4 is 0 Å². The maximum absolute atomic E-state index is 12.1. The third kappa shape index (κ3) is 2.43. The Morgan fingerprint density at radius 1 is 1.54 bits per heavy atom. The van der Waals surface area contributed by atoms with Crippen molar-refractivity contribution in [1.82, 2.24) is 0 Å². The Balaban J connectivity index is 2.67. The molecule has 0 saturated carbocycles. The van der Waals surface area contributed by atoms with Gasteiger partial charge in [-0.25, -0.2) is 0 Å². The van der Waals surface area contributed by atoms with Gasteiger partial charge in [-0.15, -0.1) is 0 Å². The first-order chi connectivity index (χ1) is 5.91. The highest BCUT2D eigenvalue weighted by molar-refractivity contribution is 5.05. The van der Waals surface area contributed by atoms with E-state index in [0.717, 1.165) is 6.08 Å². The van der Waals surface area contributed by atoms with Crippen molar-refractivity contribution in [1.29, 1.82) is 0 Å². The van der Waals surface area contributed by atoms with Gasteiger partial charge in [-0.2, -0.15) is 13.2 Å². The fraction of sp³-hybridized carbons (Fsp3) is 0.571. The molecule has 1 unspecified atom stereocenters. The molecule has 6 heteroatoms. The maximum atomic E-state index is 12.1. The van der Waals surface area contributed by atoms with Crippen LogP contribution in [0, 0.1) is 22.1 Å². The molecular formula is C7H7F3NO2. The molecular weight excluding hydrogens is 187 g/mol. The zero-order valence-corrected chi connectivity index (χ0v) is 6.54. The number of rotatable bonds is 1. The van der Waals surface area contributed by atoms with Gasteiger partial charge in [0.05, 0.1) is 5.92 Å². The van der Waals surface area contributed by atoms with E-state index in [1.807, 2.05) is 0 Å². The molecule has 0 amide bonds. The van der Waals surface area contributed by atoms with Crippen LogP contribution in [0.4, 0.5) is 13.2 Å². The molecule has 3 nitrogen and oxygen atoms in total. The maximum Gasteiger partial charge on any atom is 0.395 e. The molecule has 1 aliphatic rings. The molecule has 0 aliphatic heterocycles. The van der Waals surface area contributed by atoms with Crippen LogP contribution in [0.1, 0.15) is 12.8 Å². The molecule has 0 spiro atoms. The molecule has 1 atom stereocenters. The first kappa shape index (κ1) is 10.0. The lowest BCUT2D eigenvalue weighted by molar-refractivity contribution is -0.471. The van der Waals surface area contributed by atoms with Gasteiger partial charge in [0.15, 0.2) is 0 Å². The second-order valence-corrected chi connectivity index (χ2v) is 2.81. The van der Waals surface area contributed by atoms with Gasteiger partial charge in [0.25, 0.3) is 6.04 Å². The van der Waals surface area contributed by atoms with Crippen LogP contribution in [0.5, 0.6) is 0 Å². The number of nitro groups is 1. The van der Waals surface area contributed by atoms with Crippen molar-refractivity contribution in [3.05, 3.63) is 28.3 Å². The van der Waals surface area contributed by atoms with E-state index in [4.69, 9.17) is 0 Å². The van der Waals surface area contributed by atoms with Gasteiger partial charge in [0.2, 0.25) is 0 Å². The van der Waals surface area contributed by atoms with E-state index >= 15 is 0 Å². The molecule has 0 N–H and O–H groups in total. The molecule has 1 aliphatic carbocycles. The van der Waals surface area contributed by atoms with Crippen LogP contribution in [0.2, 0.25) is 0 Å². The SMILES string of the molecule is O=[N+]([O-])[C]1CC=CC(C(F)(F)F)C1. The van der Waals surface area contributed by atoms with E-state index in [1.54, 1.807) is 0 Å². The number of alkyl halides is 3. The Labute approximate surface area is 72.4 Å². The van der Waals surface area contributed by atoms with E-state index in [9.17, 15) is 23.3 Å². The molecule has 13 heavy (non-hydrogen) atoms. The smallest absolute Gasteiger partial charge is 0.264 e. The van der Waals surface area contributed by atoms with Gasteiger partial charge in [-0.05, 0) is 0 Å². The van der Waals surface area contributed by atoms with Gasteiger partial charge in [-0.3, -0.25) is 10.1 Å². The minimum absolute atomic E-state index is 0.0135. The summed E-state index contributed by atoms with van der Waals surface area (Å²) in [5.41, 5.74) is 0. The molecule has 1 rings (SSSR count). The summed E-state index contributed by atoms with van der Waals surface area (Å²) in [5.74, 6) is -1.69. The predicted octanol–water partition coefficient (Wildman–Crippen LogP) is 2.32. The normalized spacial score (nSPS) is 24.7. The first-order valence-electron chi connectivity index (χ1n) is 3.63. The van der Waals surface area contributed by atoms with Crippen molar-refractivity contribution in [2.75, 3.05) is 0 Å². The summed E-state index contributed by atoms with van der Waals surface area (Å²) in [6.45, 7) is 0. The van der Waals surface area contributed by atoms with Gasteiger partial charge < -0.3 is 0 Å². The quantitative estimate of drug-likeness (QED) is 0.365. The van der Waals surface area contributed by atoms with E-state index in [1.165, 1.54) is 6.08 Å². The standard InChI is InChI=1S/C7H7F3NO2/c8-7(9,10)5-2-1-3-6(4-5)11(12)13/h1-2,5H,3-4H2. The lowest BCUT2D eigenvalue weighted by Gasteiger charge is -2.20. The van der Waals surface area contributed by atoms with E-state index < -0.39 is 23.4 Å². The largest absolute Gasteiger partial charge is 0.395 e. The van der Waals surface area contributed by atoms with Gasteiger partial charge in [0.1, 0.15) is 0 Å². The second-order valence-electron chi connectivity index (χ2n) is 2.81. The molecule has 0 bridgehead atoms. The van der Waals surface area contributed by atoms with Gasteiger partial charge in [0, 0.05) is 17.8 Å². The monoisotopic (exact) mass is 194 g/mol. The summed E-state index contributed by atoms with van der Waals surface area (Å²) in [6, 6.07) is -0.273. The molecule has 0 aromatic rings. The number of halogens is 3. The second kappa shape index (κ2) is 3.35. The Bertz CT molecular complexity index is 236. The third-order valence-corrected chi connectivity index (χ3v) is 1.86. The van der Waals surface area contributed by atoms with Crippen molar-refractivity contribution in [2.24, 2.45) is 5.92 Å². The van der Waals surface area contributed by atoms with Crippen molar-refractivity contribution >= 4 is 0 Å². The lowest BCUT2D eigenvalue weighted by Crippen LogP contribution is -2.27. The highest BCUT2D eigenvalue weighted by Gasteiger charge is 2.44. The summed E-state index contributed by atoms with van der Waals surface area (Å²) < 4.78 is 36.3. The summed E-state index contributed by atoms with van der Waals surface area (Å²) in [7, 11) is 0. The number of allylic oxidation sites excluding steroid dienone is 1. The predicted molar refractivity (Wildman–Crippen MR) is 38.2 cm³/mol.